The monoisotopic (exact) mass is 273 g/mol. The van der Waals surface area contributed by atoms with Crippen LogP contribution in [0.4, 0.5) is 0 Å². The topological polar surface area (TPSA) is 41.6 Å². The molecule has 2 aromatic heterocycles. The summed E-state index contributed by atoms with van der Waals surface area (Å²) in [5.74, 6) is 0. The molecule has 12 heavy (non-hydrogen) atoms. The van der Waals surface area contributed by atoms with E-state index in [0.29, 0.717) is 0 Å². The second kappa shape index (κ2) is 2.32. The van der Waals surface area contributed by atoms with E-state index in [2.05, 4.69) is 23.5 Å². The van der Waals surface area contributed by atoms with Crippen LogP contribution in [0, 0.1) is 0 Å². The predicted molar refractivity (Wildman–Crippen MR) is 48.3 cm³/mol. The van der Waals surface area contributed by atoms with Crippen molar-refractivity contribution < 1.29 is 0 Å². The molecule has 1 aromatic carbocycles. The molecule has 0 amide bonds. The van der Waals surface area contributed by atoms with E-state index in [9.17, 15) is 0 Å². The van der Waals surface area contributed by atoms with Gasteiger partial charge in [-0.25, -0.2) is 0 Å². The fraction of sp³-hybridized carbons (Fsp3) is 0. The summed E-state index contributed by atoms with van der Waals surface area (Å²) < 4.78 is 8.80. The van der Waals surface area contributed by atoms with Crippen LogP contribution in [0.1, 0.15) is 0 Å². The summed E-state index contributed by atoms with van der Waals surface area (Å²) in [6.07, 6.45) is 1.94. The molecule has 2 heterocycles. The molecule has 3 aromatic rings. The van der Waals surface area contributed by atoms with Crippen molar-refractivity contribution in [2.75, 3.05) is 0 Å². The van der Waals surface area contributed by atoms with E-state index in [-0.39, 0.29) is 0 Å². The molecule has 0 aliphatic carbocycles. The average molecular weight is 271 g/mol. The van der Waals surface area contributed by atoms with Gasteiger partial charge in [-0.1, -0.05) is 0 Å². The van der Waals surface area contributed by atoms with E-state index in [0.717, 1.165) is 16.6 Å². The van der Waals surface area contributed by atoms with Gasteiger partial charge in [0.25, 0.3) is 0 Å². The zero-order valence-electron chi connectivity index (χ0n) is 6.11. The van der Waals surface area contributed by atoms with Crippen molar-refractivity contribution in [3.63, 3.8) is 0 Å². The summed E-state index contributed by atoms with van der Waals surface area (Å²) in [6.45, 7) is 0. The van der Waals surface area contributed by atoms with E-state index >= 15 is 0 Å². The van der Waals surface area contributed by atoms with Gasteiger partial charge in [0, 0.05) is 0 Å². The first-order valence-electron chi connectivity index (χ1n) is 3.63. The standard InChI is InChI=1S/C8H5N3Te/c1-2-6-8(11-12-10-6)7-5(1)3-4-9-7/h1-4,9H. The molecule has 3 nitrogen and oxygen atoms in total. The van der Waals surface area contributed by atoms with E-state index in [4.69, 9.17) is 0 Å². The van der Waals surface area contributed by atoms with Gasteiger partial charge in [-0.15, -0.1) is 0 Å². The molecule has 0 unspecified atom stereocenters. The summed E-state index contributed by atoms with van der Waals surface area (Å²) in [6, 6.07) is 6.19. The van der Waals surface area contributed by atoms with Crippen LogP contribution >= 0.6 is 0 Å². The number of rotatable bonds is 0. The molecule has 4 heteroatoms. The SMILES string of the molecule is c1cc2ccc3n[te]nc3c2[nH]1. The molecule has 0 bridgehead atoms. The minimum absolute atomic E-state index is 0.475. The van der Waals surface area contributed by atoms with Crippen molar-refractivity contribution in [1.29, 1.82) is 0 Å². The predicted octanol–water partition coefficient (Wildman–Crippen LogP) is 1.17. The number of aromatic amines is 1. The van der Waals surface area contributed by atoms with Crippen LogP contribution < -0.4 is 0 Å². The first-order valence-corrected chi connectivity index (χ1v) is 5.72. The third-order valence-electron chi connectivity index (χ3n) is 1.95. The molecule has 1 N–H and O–H groups in total. The molecule has 0 saturated heterocycles. The molecule has 0 atom stereocenters. The normalized spacial score (nSPS) is 11.3. The second-order valence-electron chi connectivity index (χ2n) is 2.64. The van der Waals surface area contributed by atoms with Crippen molar-refractivity contribution >= 4 is 42.9 Å². The molecule has 0 spiro atoms. The number of hydrogen-bond donors (Lipinski definition) is 1. The van der Waals surface area contributed by atoms with Crippen molar-refractivity contribution in [3.05, 3.63) is 24.4 Å². The van der Waals surface area contributed by atoms with Gasteiger partial charge in [0.2, 0.25) is 0 Å². The van der Waals surface area contributed by atoms with Crippen LogP contribution in [0.15, 0.2) is 24.4 Å². The van der Waals surface area contributed by atoms with Gasteiger partial charge in [0.05, 0.1) is 0 Å². The Balaban J connectivity index is 2.71. The number of H-pyrrole nitrogens is 1. The molecule has 58 valence electrons. The Labute approximate surface area is 78.8 Å². The number of benzene rings is 1. The zero-order chi connectivity index (χ0) is 7.97. The fourth-order valence-electron chi connectivity index (χ4n) is 1.37. The van der Waals surface area contributed by atoms with E-state index < -0.39 is 21.0 Å². The Morgan fingerprint density at radius 3 is 3.17 bits per heavy atom. The quantitative estimate of drug-likeness (QED) is 0.623. The Kier molecular flexibility index (Phi) is 1.28. The van der Waals surface area contributed by atoms with Crippen LogP contribution in [0.25, 0.3) is 21.9 Å². The first-order chi connectivity index (χ1) is 5.95. The molecule has 3 rings (SSSR count). The maximum absolute atomic E-state index is 4.43. The summed E-state index contributed by atoms with van der Waals surface area (Å²) in [5, 5.41) is 1.22. The number of fused-ring (bicyclic) bond motifs is 3. The zero-order valence-corrected chi connectivity index (χ0v) is 8.44. The maximum atomic E-state index is 4.43. The van der Waals surface area contributed by atoms with E-state index in [1.165, 1.54) is 5.39 Å². The number of nitrogens with one attached hydrogen (secondary N) is 1. The van der Waals surface area contributed by atoms with Crippen molar-refractivity contribution in [3.8, 4) is 0 Å². The van der Waals surface area contributed by atoms with Crippen molar-refractivity contribution in [1.82, 2.24) is 11.4 Å². The molecule has 0 fully saturated rings. The fourth-order valence-corrected chi connectivity index (χ4v) is 2.92. The van der Waals surface area contributed by atoms with Gasteiger partial charge >= 0.3 is 78.7 Å². The number of aromatic nitrogens is 3. The summed E-state index contributed by atoms with van der Waals surface area (Å²) >= 11 is -0.475. The Morgan fingerprint density at radius 2 is 2.17 bits per heavy atom. The van der Waals surface area contributed by atoms with Crippen molar-refractivity contribution in [2.24, 2.45) is 0 Å². The van der Waals surface area contributed by atoms with Crippen LogP contribution in [0.2, 0.25) is 0 Å². The van der Waals surface area contributed by atoms with Crippen LogP contribution in [0.3, 0.4) is 0 Å². The third kappa shape index (κ3) is 0.767. The van der Waals surface area contributed by atoms with Gasteiger partial charge in [-0.2, -0.15) is 0 Å². The molecule has 0 aliphatic rings. The summed E-state index contributed by atoms with van der Waals surface area (Å²) in [4.78, 5) is 3.19. The Morgan fingerprint density at radius 1 is 1.17 bits per heavy atom. The van der Waals surface area contributed by atoms with Gasteiger partial charge < -0.3 is 0 Å². The van der Waals surface area contributed by atoms with Gasteiger partial charge in [-0.3, -0.25) is 0 Å². The molecular weight excluding hydrogens is 266 g/mol. The second-order valence-corrected chi connectivity index (χ2v) is 4.15. The van der Waals surface area contributed by atoms with Gasteiger partial charge in [0.1, 0.15) is 0 Å². The molecule has 0 saturated carbocycles. The Hall–Kier alpha value is -0.850. The van der Waals surface area contributed by atoms with E-state index in [1.54, 1.807) is 0 Å². The molecular formula is C8H5N3Te. The van der Waals surface area contributed by atoms with Crippen LogP contribution in [-0.4, -0.2) is 32.4 Å². The van der Waals surface area contributed by atoms with Crippen LogP contribution in [0.5, 0.6) is 0 Å². The third-order valence-corrected chi connectivity index (χ3v) is 3.50. The van der Waals surface area contributed by atoms with Gasteiger partial charge in [-0.05, 0) is 0 Å². The number of hydrogen-bond acceptors (Lipinski definition) is 2. The molecule has 0 radical (unpaired) electrons. The van der Waals surface area contributed by atoms with E-state index in [1.807, 2.05) is 12.3 Å². The summed E-state index contributed by atoms with van der Waals surface area (Å²) in [7, 11) is 0. The van der Waals surface area contributed by atoms with Crippen molar-refractivity contribution in [2.45, 2.75) is 0 Å². The van der Waals surface area contributed by atoms with Crippen LogP contribution in [-0.2, 0) is 0 Å². The Bertz CT molecular complexity index is 487. The molecule has 0 aliphatic heterocycles. The minimum atomic E-state index is -0.475. The summed E-state index contributed by atoms with van der Waals surface area (Å²) in [5.41, 5.74) is 3.27. The first kappa shape index (κ1) is 6.64. The average Bonchev–Trinajstić information content (AvgIpc) is 2.71. The van der Waals surface area contributed by atoms with Gasteiger partial charge in [0.15, 0.2) is 0 Å². The number of nitrogens with zero attached hydrogens (tertiary/aromatic N) is 2.